The maximum Gasteiger partial charge on any atom is 0.252 e. The molecule has 0 aromatic heterocycles. The van der Waals surface area contributed by atoms with Gasteiger partial charge in [-0.05, 0) is 51.6 Å². The Morgan fingerprint density at radius 1 is 0.957 bits per heavy atom. The molecule has 23 heavy (non-hydrogen) atoms. The highest BCUT2D eigenvalue weighted by molar-refractivity contribution is 5.85. The number of nitrogens with zero attached hydrogens (tertiary/aromatic N) is 1. The number of hydrogen-bond acceptors (Lipinski definition) is 4. The molecule has 1 aliphatic carbocycles. The lowest BCUT2D eigenvalue weighted by Gasteiger charge is -2.48. The molecule has 0 atom stereocenters. The van der Waals surface area contributed by atoms with Crippen LogP contribution in [0.1, 0.15) is 64.2 Å². The number of carbonyl (C=O) groups excluding carboxylic acids is 1. The van der Waals surface area contributed by atoms with Crippen molar-refractivity contribution in [1.82, 2.24) is 10.2 Å². The number of amides is 1. The second kappa shape index (κ2) is 7.49. The molecule has 5 heteroatoms. The molecule has 1 amide bonds. The van der Waals surface area contributed by atoms with Gasteiger partial charge in [-0.3, -0.25) is 9.69 Å². The normalized spacial score (nSPS) is 28.2. The summed E-state index contributed by atoms with van der Waals surface area (Å²) in [6, 6.07) is 0. The fourth-order valence-corrected chi connectivity index (χ4v) is 4.50. The molecule has 0 aromatic rings. The van der Waals surface area contributed by atoms with Crippen molar-refractivity contribution in [2.45, 2.75) is 75.3 Å². The third-order valence-corrected chi connectivity index (χ3v) is 6.13. The molecule has 5 nitrogen and oxygen atoms in total. The van der Waals surface area contributed by atoms with E-state index in [9.17, 15) is 9.90 Å². The smallest absolute Gasteiger partial charge is 0.252 e. The van der Waals surface area contributed by atoms with Gasteiger partial charge in [-0.1, -0.05) is 25.7 Å². The van der Waals surface area contributed by atoms with Gasteiger partial charge in [0.05, 0.1) is 0 Å². The van der Waals surface area contributed by atoms with Gasteiger partial charge in [0.15, 0.2) is 0 Å². The molecule has 2 saturated heterocycles. The largest absolute Gasteiger partial charge is 0.381 e. The monoisotopic (exact) mass is 324 g/mol. The van der Waals surface area contributed by atoms with E-state index >= 15 is 0 Å². The van der Waals surface area contributed by atoms with Gasteiger partial charge >= 0.3 is 0 Å². The van der Waals surface area contributed by atoms with Crippen molar-refractivity contribution in [3.63, 3.8) is 0 Å². The quantitative estimate of drug-likeness (QED) is 0.828. The predicted molar refractivity (Wildman–Crippen MR) is 89.3 cm³/mol. The molecule has 0 aromatic carbocycles. The first-order chi connectivity index (χ1) is 11.1. The maximum atomic E-state index is 12.6. The topological polar surface area (TPSA) is 61.8 Å². The average Bonchev–Trinajstić information content (AvgIpc) is 2.62. The van der Waals surface area contributed by atoms with E-state index in [0.717, 1.165) is 58.4 Å². The average molecular weight is 324 g/mol. The van der Waals surface area contributed by atoms with E-state index in [1.807, 2.05) is 0 Å². The van der Waals surface area contributed by atoms with Crippen molar-refractivity contribution < 1.29 is 14.6 Å². The molecule has 0 spiro atoms. The standard InChI is InChI=1S/C18H32N2O3/c21-16(18(22)7-3-1-4-8-18)19-15-17(9-13-23-14-10-17)20-11-5-2-6-12-20/h22H,1-15H2,(H,19,21). The third-order valence-electron chi connectivity index (χ3n) is 6.13. The predicted octanol–water partition coefficient (Wildman–Crippen LogP) is 1.83. The van der Waals surface area contributed by atoms with Crippen LogP contribution in [-0.4, -0.2) is 59.9 Å². The highest BCUT2D eigenvalue weighted by atomic mass is 16.5. The molecule has 3 fully saturated rings. The Bertz CT molecular complexity index is 395. The second-order valence-electron chi connectivity index (χ2n) is 7.66. The van der Waals surface area contributed by atoms with Crippen LogP contribution < -0.4 is 5.32 Å². The van der Waals surface area contributed by atoms with Gasteiger partial charge in [-0.2, -0.15) is 0 Å². The minimum Gasteiger partial charge on any atom is -0.381 e. The van der Waals surface area contributed by atoms with Crippen molar-refractivity contribution in [2.24, 2.45) is 0 Å². The van der Waals surface area contributed by atoms with E-state index in [1.54, 1.807) is 0 Å². The first-order valence-electron chi connectivity index (χ1n) is 9.48. The Morgan fingerprint density at radius 2 is 1.57 bits per heavy atom. The zero-order valence-electron chi connectivity index (χ0n) is 14.3. The number of rotatable bonds is 4. The SMILES string of the molecule is O=C(NCC1(N2CCCCC2)CCOCC1)C1(O)CCCCC1. The lowest BCUT2D eigenvalue weighted by molar-refractivity contribution is -0.144. The van der Waals surface area contributed by atoms with Crippen LogP contribution in [0.4, 0.5) is 0 Å². The van der Waals surface area contributed by atoms with Crippen LogP contribution in [-0.2, 0) is 9.53 Å². The minimum atomic E-state index is -1.13. The summed E-state index contributed by atoms with van der Waals surface area (Å²) < 4.78 is 5.57. The highest BCUT2D eigenvalue weighted by Crippen LogP contribution is 2.32. The Kier molecular flexibility index (Phi) is 5.60. The minimum absolute atomic E-state index is 0.0271. The Morgan fingerprint density at radius 3 is 2.22 bits per heavy atom. The maximum absolute atomic E-state index is 12.6. The third kappa shape index (κ3) is 3.89. The molecule has 1 saturated carbocycles. The molecule has 3 rings (SSSR count). The molecule has 3 aliphatic rings. The summed E-state index contributed by atoms with van der Waals surface area (Å²) in [6.07, 6.45) is 10.0. The molecular weight excluding hydrogens is 292 g/mol. The number of ether oxygens (including phenoxy) is 1. The molecule has 2 aliphatic heterocycles. The Balaban J connectivity index is 1.63. The van der Waals surface area contributed by atoms with Gasteiger partial charge in [0.25, 0.3) is 5.91 Å². The van der Waals surface area contributed by atoms with Crippen LogP contribution in [0.5, 0.6) is 0 Å². The van der Waals surface area contributed by atoms with Crippen molar-refractivity contribution >= 4 is 5.91 Å². The fourth-order valence-electron chi connectivity index (χ4n) is 4.50. The van der Waals surface area contributed by atoms with E-state index in [-0.39, 0.29) is 11.4 Å². The molecule has 2 N–H and O–H groups in total. The summed E-state index contributed by atoms with van der Waals surface area (Å²) in [7, 11) is 0. The van der Waals surface area contributed by atoms with Gasteiger partial charge in [-0.25, -0.2) is 0 Å². The fraction of sp³-hybridized carbons (Fsp3) is 0.944. The van der Waals surface area contributed by atoms with Crippen LogP contribution in [0.3, 0.4) is 0 Å². The van der Waals surface area contributed by atoms with Crippen LogP contribution >= 0.6 is 0 Å². The summed E-state index contributed by atoms with van der Waals surface area (Å²) in [6.45, 7) is 4.45. The zero-order valence-corrected chi connectivity index (χ0v) is 14.3. The summed E-state index contributed by atoms with van der Waals surface area (Å²) in [5.41, 5.74) is -1.11. The Labute approximate surface area is 139 Å². The molecule has 0 unspecified atom stereocenters. The van der Waals surface area contributed by atoms with E-state index in [2.05, 4.69) is 10.2 Å². The molecular formula is C18H32N2O3. The molecule has 132 valence electrons. The summed E-state index contributed by atoms with van der Waals surface area (Å²) >= 11 is 0. The lowest BCUT2D eigenvalue weighted by Crippen LogP contribution is -2.61. The van der Waals surface area contributed by atoms with Gasteiger partial charge in [-0.15, -0.1) is 0 Å². The van der Waals surface area contributed by atoms with Crippen molar-refractivity contribution in [3.05, 3.63) is 0 Å². The number of piperidine rings is 1. The first-order valence-corrected chi connectivity index (χ1v) is 9.48. The zero-order chi connectivity index (χ0) is 16.2. The number of aliphatic hydroxyl groups is 1. The van der Waals surface area contributed by atoms with Crippen LogP contribution in [0.15, 0.2) is 0 Å². The van der Waals surface area contributed by atoms with Gasteiger partial charge < -0.3 is 15.2 Å². The molecule has 0 bridgehead atoms. The first kappa shape index (κ1) is 17.2. The van der Waals surface area contributed by atoms with E-state index in [1.165, 1.54) is 19.3 Å². The number of carbonyl (C=O) groups is 1. The lowest BCUT2D eigenvalue weighted by atomic mass is 9.83. The van der Waals surface area contributed by atoms with Gasteiger partial charge in [0.2, 0.25) is 0 Å². The van der Waals surface area contributed by atoms with Crippen LogP contribution in [0, 0.1) is 0 Å². The summed E-state index contributed by atoms with van der Waals surface area (Å²) in [5, 5.41) is 13.7. The highest BCUT2D eigenvalue weighted by Gasteiger charge is 2.42. The number of likely N-dealkylation sites (tertiary alicyclic amines) is 1. The molecule has 2 heterocycles. The number of nitrogens with one attached hydrogen (secondary N) is 1. The van der Waals surface area contributed by atoms with Gasteiger partial charge in [0.1, 0.15) is 5.60 Å². The van der Waals surface area contributed by atoms with Crippen LogP contribution in [0.25, 0.3) is 0 Å². The van der Waals surface area contributed by atoms with E-state index in [4.69, 9.17) is 4.74 Å². The summed E-state index contributed by atoms with van der Waals surface area (Å²) in [5.74, 6) is -0.153. The number of hydrogen-bond donors (Lipinski definition) is 2. The van der Waals surface area contributed by atoms with Crippen molar-refractivity contribution in [1.29, 1.82) is 0 Å². The molecule has 0 radical (unpaired) electrons. The van der Waals surface area contributed by atoms with Crippen LogP contribution in [0.2, 0.25) is 0 Å². The van der Waals surface area contributed by atoms with Crippen molar-refractivity contribution in [2.75, 3.05) is 32.8 Å². The van der Waals surface area contributed by atoms with Crippen molar-refractivity contribution in [3.8, 4) is 0 Å². The Hall–Kier alpha value is -0.650. The van der Waals surface area contributed by atoms with E-state index < -0.39 is 5.60 Å². The van der Waals surface area contributed by atoms with Gasteiger partial charge in [0, 0.05) is 25.3 Å². The summed E-state index contributed by atoms with van der Waals surface area (Å²) in [4.78, 5) is 15.2. The van der Waals surface area contributed by atoms with E-state index in [0.29, 0.717) is 19.4 Å². The second-order valence-corrected chi connectivity index (χ2v) is 7.66.